The summed E-state index contributed by atoms with van der Waals surface area (Å²) in [6.07, 6.45) is 9.59. The van der Waals surface area contributed by atoms with E-state index in [4.69, 9.17) is 4.74 Å². The van der Waals surface area contributed by atoms with Crippen LogP contribution in [0.4, 0.5) is 0 Å². The van der Waals surface area contributed by atoms with Crippen molar-refractivity contribution in [2.45, 2.75) is 38.5 Å². The highest BCUT2D eigenvalue weighted by Gasteiger charge is 2.72. The van der Waals surface area contributed by atoms with Crippen LogP contribution in [0, 0.1) is 28.6 Å². The lowest BCUT2D eigenvalue weighted by Crippen LogP contribution is -2.39. The van der Waals surface area contributed by atoms with Crippen LogP contribution < -0.4 is 10.6 Å². The number of likely N-dealkylation sites (N-methyl/N-ethyl adjacent to an activating group) is 1. The largest absolute Gasteiger partial charge is 0.383 e. The molecule has 4 fully saturated rings. The maximum atomic E-state index is 13.3. The van der Waals surface area contributed by atoms with Crippen molar-refractivity contribution in [3.8, 4) is 0 Å². The topological polar surface area (TPSA) is 105 Å². The molecule has 9 nitrogen and oxygen atoms in total. The maximum Gasteiger partial charge on any atom is 0.271 e. The molecule has 0 radical (unpaired) electrons. The van der Waals surface area contributed by atoms with Crippen LogP contribution in [-0.2, 0) is 9.53 Å². The van der Waals surface area contributed by atoms with E-state index in [1.54, 1.807) is 43.0 Å². The van der Waals surface area contributed by atoms with Crippen molar-refractivity contribution >= 4 is 23.4 Å². The van der Waals surface area contributed by atoms with Crippen molar-refractivity contribution in [2.24, 2.45) is 28.6 Å². The van der Waals surface area contributed by atoms with Crippen LogP contribution in [-0.4, -0.2) is 72.4 Å². The average Bonchev–Trinajstić information content (AvgIpc) is 3.14. The van der Waals surface area contributed by atoms with E-state index < -0.39 is 5.91 Å². The van der Waals surface area contributed by atoms with Gasteiger partial charge in [-0.3, -0.25) is 18.8 Å². The summed E-state index contributed by atoms with van der Waals surface area (Å²) >= 11 is 0. The smallest absolute Gasteiger partial charge is 0.271 e. The summed E-state index contributed by atoms with van der Waals surface area (Å²) < 4.78 is 6.64. The Hall–Kier alpha value is -2.94. The number of carbonyl (C=O) groups is 3. The van der Waals surface area contributed by atoms with E-state index in [1.165, 1.54) is 43.4 Å². The molecule has 2 N–H and O–H groups in total. The number of methoxy groups -OCH3 is 1. The first-order valence-electron chi connectivity index (χ1n) is 13.1. The molecule has 0 aromatic carbocycles. The lowest BCUT2D eigenvalue weighted by atomic mass is 9.71. The molecule has 9 heteroatoms. The van der Waals surface area contributed by atoms with Crippen molar-refractivity contribution in [3.05, 3.63) is 35.8 Å². The quantitative estimate of drug-likeness (QED) is 0.557. The van der Waals surface area contributed by atoms with Crippen molar-refractivity contribution in [3.63, 3.8) is 0 Å². The minimum atomic E-state index is -0.454. The summed E-state index contributed by atoms with van der Waals surface area (Å²) in [6.45, 7) is 1.47. The number of imidazole rings is 1. The van der Waals surface area contributed by atoms with E-state index in [2.05, 4.69) is 15.6 Å². The molecule has 2 bridgehead atoms. The second-order valence-corrected chi connectivity index (χ2v) is 11.6. The first-order chi connectivity index (χ1) is 17.3. The van der Waals surface area contributed by atoms with Gasteiger partial charge in [-0.15, -0.1) is 0 Å². The van der Waals surface area contributed by atoms with Gasteiger partial charge in [-0.05, 0) is 79.2 Å². The molecule has 2 aromatic rings. The minimum absolute atomic E-state index is 0.132. The molecule has 5 unspecified atom stereocenters. The predicted molar refractivity (Wildman–Crippen MR) is 132 cm³/mol. The van der Waals surface area contributed by atoms with E-state index in [0.717, 1.165) is 24.3 Å². The average molecular weight is 494 g/mol. The monoisotopic (exact) mass is 493 g/mol. The number of nitrogens with zero attached hydrogens (tertiary/aromatic N) is 3. The standard InChI is InChI=1S/C27H35N5O4/c1-31(8-9-36-2)23(33)14-28-24(34)20-15-32-21(4-3-5-22(32)30-20)25(35)29-16-26-10-17-6-7-27(19(17)13-26)12-18(27)11-26/h3-5,15,17-19H,6-14,16H2,1-2H3,(H,28,34)(H,29,35). The van der Waals surface area contributed by atoms with Crippen LogP contribution in [0.1, 0.15) is 59.5 Å². The van der Waals surface area contributed by atoms with Crippen LogP contribution >= 0.6 is 0 Å². The zero-order valence-corrected chi connectivity index (χ0v) is 21.1. The van der Waals surface area contributed by atoms with Gasteiger partial charge in [0.15, 0.2) is 0 Å². The second kappa shape index (κ2) is 8.57. The third kappa shape index (κ3) is 3.79. The fraction of sp³-hybridized carbons (Fsp3) is 0.630. The van der Waals surface area contributed by atoms with Gasteiger partial charge >= 0.3 is 0 Å². The molecular formula is C27H35N5O4. The van der Waals surface area contributed by atoms with Gasteiger partial charge < -0.3 is 20.3 Å². The van der Waals surface area contributed by atoms with Gasteiger partial charge in [0, 0.05) is 33.4 Å². The number of aromatic nitrogens is 2. The third-order valence-electron chi connectivity index (χ3n) is 9.63. The van der Waals surface area contributed by atoms with Crippen LogP contribution in [0.25, 0.3) is 5.65 Å². The zero-order chi connectivity index (χ0) is 25.1. The predicted octanol–water partition coefficient (Wildman–Crippen LogP) is 2.12. The molecule has 0 aliphatic heterocycles. The Labute approximate surface area is 211 Å². The molecule has 3 amide bonds. The lowest BCUT2D eigenvalue weighted by Gasteiger charge is -2.36. The van der Waals surface area contributed by atoms with Crippen molar-refractivity contribution in [2.75, 3.05) is 40.4 Å². The van der Waals surface area contributed by atoms with E-state index in [0.29, 0.717) is 29.9 Å². The first-order valence-corrected chi connectivity index (χ1v) is 13.1. The SMILES string of the molecule is COCCN(C)C(=O)CNC(=O)c1cn2c(C(=O)NCC34CC5CCC6(CC6C3)C5C4)cccc2n1. The van der Waals surface area contributed by atoms with Crippen LogP contribution in [0.5, 0.6) is 0 Å². The Balaban J connectivity index is 1.10. The van der Waals surface area contributed by atoms with Crippen molar-refractivity contribution < 1.29 is 19.1 Å². The fourth-order valence-electron chi connectivity index (χ4n) is 7.77. The van der Waals surface area contributed by atoms with Gasteiger partial charge in [0.2, 0.25) is 5.91 Å². The highest BCUT2D eigenvalue weighted by Crippen LogP contribution is 2.79. The Morgan fingerprint density at radius 3 is 2.86 bits per heavy atom. The summed E-state index contributed by atoms with van der Waals surface area (Å²) in [5, 5.41) is 5.86. The number of rotatable bonds is 9. The minimum Gasteiger partial charge on any atom is -0.383 e. The third-order valence-corrected chi connectivity index (χ3v) is 9.63. The summed E-state index contributed by atoms with van der Waals surface area (Å²) in [6, 6.07) is 5.31. The summed E-state index contributed by atoms with van der Waals surface area (Å²) in [5.74, 6) is 1.82. The van der Waals surface area contributed by atoms with E-state index in [9.17, 15) is 14.4 Å². The normalized spacial score (nSPS) is 31.2. The number of hydrogen-bond donors (Lipinski definition) is 2. The van der Waals surface area contributed by atoms with Gasteiger partial charge in [-0.2, -0.15) is 0 Å². The number of amides is 3. The lowest BCUT2D eigenvalue weighted by molar-refractivity contribution is -0.129. The second-order valence-electron chi connectivity index (χ2n) is 11.6. The molecule has 2 aromatic heterocycles. The molecule has 36 heavy (non-hydrogen) atoms. The maximum absolute atomic E-state index is 13.3. The number of carbonyl (C=O) groups excluding carboxylic acids is 3. The van der Waals surface area contributed by atoms with Crippen molar-refractivity contribution in [1.29, 1.82) is 0 Å². The number of hydrogen-bond acceptors (Lipinski definition) is 5. The summed E-state index contributed by atoms with van der Waals surface area (Å²) in [4.78, 5) is 44.0. The van der Waals surface area contributed by atoms with E-state index in [-0.39, 0.29) is 29.5 Å². The fourth-order valence-corrected chi connectivity index (χ4v) is 7.77. The Morgan fingerprint density at radius 2 is 2.03 bits per heavy atom. The molecule has 0 saturated heterocycles. The Morgan fingerprint density at radius 1 is 1.17 bits per heavy atom. The molecule has 192 valence electrons. The highest BCUT2D eigenvalue weighted by molar-refractivity contribution is 5.97. The number of nitrogens with one attached hydrogen (secondary N) is 2. The summed E-state index contributed by atoms with van der Waals surface area (Å²) in [7, 11) is 3.23. The van der Waals surface area contributed by atoms with Gasteiger partial charge in [-0.25, -0.2) is 4.98 Å². The van der Waals surface area contributed by atoms with Crippen LogP contribution in [0.3, 0.4) is 0 Å². The number of pyridine rings is 1. The van der Waals surface area contributed by atoms with Gasteiger partial charge in [0.05, 0.1) is 13.2 Å². The van der Waals surface area contributed by atoms with Gasteiger partial charge in [0.25, 0.3) is 11.8 Å². The summed E-state index contributed by atoms with van der Waals surface area (Å²) in [5.41, 5.74) is 2.08. The molecule has 2 heterocycles. The molecule has 4 saturated carbocycles. The molecular weight excluding hydrogens is 458 g/mol. The van der Waals surface area contributed by atoms with Crippen molar-refractivity contribution in [1.82, 2.24) is 24.9 Å². The van der Waals surface area contributed by atoms with E-state index in [1.807, 2.05) is 0 Å². The number of ether oxygens (including phenoxy) is 1. The Bertz CT molecular complexity index is 1220. The molecule has 1 spiro atoms. The first kappa shape index (κ1) is 23.5. The van der Waals surface area contributed by atoms with Crippen LogP contribution in [0.15, 0.2) is 24.4 Å². The zero-order valence-electron chi connectivity index (χ0n) is 21.1. The van der Waals surface area contributed by atoms with Crippen LogP contribution in [0.2, 0.25) is 0 Å². The molecule has 4 aliphatic carbocycles. The van der Waals surface area contributed by atoms with E-state index >= 15 is 0 Å². The number of fused-ring (bicyclic) bond motifs is 2. The molecule has 6 rings (SSSR count). The Kier molecular flexibility index (Phi) is 5.59. The highest BCUT2D eigenvalue weighted by atomic mass is 16.5. The molecule has 5 atom stereocenters. The van der Waals surface area contributed by atoms with Gasteiger partial charge in [-0.1, -0.05) is 6.07 Å². The molecule has 4 aliphatic rings. The van der Waals surface area contributed by atoms with Gasteiger partial charge in [0.1, 0.15) is 17.0 Å².